The summed E-state index contributed by atoms with van der Waals surface area (Å²) in [5, 5.41) is 8.81. The number of rotatable bonds is 3. The van der Waals surface area contributed by atoms with Gasteiger partial charge in [0.15, 0.2) is 11.6 Å². The van der Waals surface area contributed by atoms with Crippen LogP contribution < -0.4 is 5.56 Å². The normalized spacial score (nSPS) is 11.6. The number of nitrogens with zero attached hydrogens (tertiary/aromatic N) is 2. The first kappa shape index (κ1) is 18.9. The minimum atomic E-state index is -4.62. The van der Waals surface area contributed by atoms with Crippen molar-refractivity contribution in [2.24, 2.45) is 0 Å². The van der Waals surface area contributed by atoms with Crippen LogP contribution in [0.3, 0.4) is 0 Å². The largest absolute Gasteiger partial charge is 0.505 e. The fourth-order valence-corrected chi connectivity index (χ4v) is 2.75. The molecule has 1 heterocycles. The van der Waals surface area contributed by atoms with Gasteiger partial charge in [0.2, 0.25) is 0 Å². The molecule has 3 aromatic rings. The van der Waals surface area contributed by atoms with Crippen LogP contribution in [0.2, 0.25) is 5.02 Å². The van der Waals surface area contributed by atoms with E-state index in [1.54, 1.807) is 0 Å². The second-order valence-corrected chi connectivity index (χ2v) is 6.13. The van der Waals surface area contributed by atoms with Crippen molar-refractivity contribution in [3.8, 4) is 16.9 Å². The highest BCUT2D eigenvalue weighted by Gasteiger charge is 2.33. The summed E-state index contributed by atoms with van der Waals surface area (Å²) in [6.45, 7) is -0.180. The molecular weight excluding hydrogens is 388 g/mol. The van der Waals surface area contributed by atoms with E-state index in [4.69, 9.17) is 11.6 Å². The molecule has 4 nitrogen and oxygen atoms in total. The highest BCUT2D eigenvalue weighted by atomic mass is 35.5. The molecule has 0 bridgehead atoms. The molecule has 0 radical (unpaired) electrons. The predicted octanol–water partition coefficient (Wildman–Crippen LogP) is 4.48. The summed E-state index contributed by atoms with van der Waals surface area (Å²) < 4.78 is 53.6. The lowest BCUT2D eigenvalue weighted by Crippen LogP contribution is -2.22. The molecule has 0 aliphatic carbocycles. The van der Waals surface area contributed by atoms with Gasteiger partial charge in [-0.3, -0.25) is 9.36 Å². The van der Waals surface area contributed by atoms with Gasteiger partial charge in [0.1, 0.15) is 0 Å². The minimum absolute atomic E-state index is 0.0430. The molecule has 1 aromatic heterocycles. The number of hydrogen-bond acceptors (Lipinski definition) is 3. The lowest BCUT2D eigenvalue weighted by molar-refractivity contribution is -0.137. The predicted molar refractivity (Wildman–Crippen MR) is 91.1 cm³/mol. The molecule has 9 heteroatoms. The van der Waals surface area contributed by atoms with Crippen LogP contribution in [0.5, 0.6) is 5.75 Å². The summed E-state index contributed by atoms with van der Waals surface area (Å²) in [5.41, 5.74) is -1.15. The van der Waals surface area contributed by atoms with Crippen molar-refractivity contribution in [1.29, 1.82) is 0 Å². The van der Waals surface area contributed by atoms with Crippen LogP contribution in [0, 0.1) is 5.82 Å². The number of halogens is 5. The van der Waals surface area contributed by atoms with Gasteiger partial charge in [-0.15, -0.1) is 0 Å². The molecule has 0 saturated carbocycles. The summed E-state index contributed by atoms with van der Waals surface area (Å²) >= 11 is 5.59. The Morgan fingerprint density at radius 2 is 1.89 bits per heavy atom. The van der Waals surface area contributed by atoms with Gasteiger partial charge in [0, 0.05) is 6.20 Å². The molecule has 1 N–H and O–H groups in total. The fourth-order valence-electron chi connectivity index (χ4n) is 2.52. The van der Waals surface area contributed by atoms with Crippen LogP contribution >= 0.6 is 11.6 Å². The maximum atomic E-state index is 13.5. The maximum Gasteiger partial charge on any atom is 0.417 e. The van der Waals surface area contributed by atoms with Crippen LogP contribution in [-0.4, -0.2) is 14.7 Å². The average molecular weight is 399 g/mol. The Morgan fingerprint density at radius 3 is 2.56 bits per heavy atom. The lowest BCUT2D eigenvalue weighted by Gasteiger charge is -2.12. The fraction of sp³-hybridized carbons (Fsp3) is 0.111. The van der Waals surface area contributed by atoms with Crippen LogP contribution in [0.25, 0.3) is 11.1 Å². The summed E-state index contributed by atoms with van der Waals surface area (Å²) in [7, 11) is 0. The van der Waals surface area contributed by atoms with Crippen molar-refractivity contribution in [1.82, 2.24) is 9.55 Å². The maximum absolute atomic E-state index is 13.5. The standard InChI is InChI=1S/C18H11ClF4N2O2/c19-14-3-1-10(5-13(14)18(21,22)23)8-25-9-24-7-12(17(25)27)11-2-4-16(26)15(20)6-11/h1-7,9,26H,8H2. The van der Waals surface area contributed by atoms with E-state index in [1.165, 1.54) is 24.7 Å². The first-order valence-electron chi connectivity index (χ1n) is 7.56. The van der Waals surface area contributed by atoms with E-state index >= 15 is 0 Å². The van der Waals surface area contributed by atoms with Crippen molar-refractivity contribution in [3.63, 3.8) is 0 Å². The van der Waals surface area contributed by atoms with E-state index in [0.717, 1.165) is 28.8 Å². The minimum Gasteiger partial charge on any atom is -0.505 e. The summed E-state index contributed by atoms with van der Waals surface area (Å²) in [6.07, 6.45) is -2.24. The van der Waals surface area contributed by atoms with E-state index in [-0.39, 0.29) is 23.2 Å². The van der Waals surface area contributed by atoms with Gasteiger partial charge < -0.3 is 5.11 Å². The quantitative estimate of drug-likeness (QED) is 0.662. The van der Waals surface area contributed by atoms with Gasteiger partial charge in [-0.2, -0.15) is 13.2 Å². The van der Waals surface area contributed by atoms with Crippen LogP contribution in [-0.2, 0) is 12.7 Å². The number of aromatic nitrogens is 2. The topological polar surface area (TPSA) is 55.1 Å². The number of hydrogen-bond donors (Lipinski definition) is 1. The lowest BCUT2D eigenvalue weighted by atomic mass is 10.1. The molecule has 0 aliphatic rings. The van der Waals surface area contributed by atoms with Gasteiger partial charge in [0.25, 0.3) is 5.56 Å². The van der Waals surface area contributed by atoms with Crippen molar-refractivity contribution >= 4 is 11.6 Å². The smallest absolute Gasteiger partial charge is 0.417 e. The van der Waals surface area contributed by atoms with Crippen molar-refractivity contribution in [3.05, 3.63) is 81.2 Å². The molecule has 3 rings (SSSR count). The second-order valence-electron chi connectivity index (χ2n) is 5.72. The van der Waals surface area contributed by atoms with Crippen LogP contribution in [0.4, 0.5) is 17.6 Å². The second kappa shape index (κ2) is 7.03. The van der Waals surface area contributed by atoms with Crippen LogP contribution in [0.15, 0.2) is 53.7 Å². The zero-order valence-electron chi connectivity index (χ0n) is 13.5. The molecule has 27 heavy (non-hydrogen) atoms. The number of alkyl halides is 3. The number of phenolic OH excluding ortho intramolecular Hbond substituents is 1. The zero-order chi connectivity index (χ0) is 19.8. The van der Waals surface area contributed by atoms with E-state index in [9.17, 15) is 27.5 Å². The van der Waals surface area contributed by atoms with E-state index in [0.29, 0.717) is 0 Å². The monoisotopic (exact) mass is 398 g/mol. The van der Waals surface area contributed by atoms with Gasteiger partial charge in [-0.05, 0) is 35.4 Å². The average Bonchev–Trinajstić information content (AvgIpc) is 2.60. The molecular formula is C18H11ClF4N2O2. The van der Waals surface area contributed by atoms with E-state index < -0.39 is 33.9 Å². The van der Waals surface area contributed by atoms with Gasteiger partial charge in [0.05, 0.1) is 29.0 Å². The number of aromatic hydroxyl groups is 1. The first-order chi connectivity index (χ1) is 12.7. The third kappa shape index (κ3) is 3.95. The zero-order valence-corrected chi connectivity index (χ0v) is 14.2. The van der Waals surface area contributed by atoms with Crippen LogP contribution in [0.1, 0.15) is 11.1 Å². The van der Waals surface area contributed by atoms with Crippen molar-refractivity contribution in [2.45, 2.75) is 12.7 Å². The molecule has 0 saturated heterocycles. The number of benzene rings is 2. The highest BCUT2D eigenvalue weighted by molar-refractivity contribution is 6.31. The summed E-state index contributed by atoms with van der Waals surface area (Å²) in [4.78, 5) is 16.5. The Labute approximate surface area is 155 Å². The van der Waals surface area contributed by atoms with Gasteiger partial charge in [-0.1, -0.05) is 23.7 Å². The van der Waals surface area contributed by atoms with Crippen molar-refractivity contribution < 1.29 is 22.7 Å². The molecule has 0 fully saturated rings. The Hall–Kier alpha value is -2.87. The SMILES string of the molecule is O=c1c(-c2ccc(O)c(F)c2)cncn1Cc1ccc(Cl)c(C(F)(F)F)c1. The molecule has 0 atom stereocenters. The van der Waals surface area contributed by atoms with E-state index in [2.05, 4.69) is 4.98 Å². The molecule has 0 spiro atoms. The molecule has 0 aliphatic heterocycles. The highest BCUT2D eigenvalue weighted by Crippen LogP contribution is 2.35. The number of phenols is 1. The Morgan fingerprint density at radius 1 is 1.15 bits per heavy atom. The molecule has 0 unspecified atom stereocenters. The summed E-state index contributed by atoms with van der Waals surface area (Å²) in [5.74, 6) is -1.47. The Bertz CT molecular complexity index is 1060. The van der Waals surface area contributed by atoms with Crippen molar-refractivity contribution in [2.75, 3.05) is 0 Å². The molecule has 140 valence electrons. The van der Waals surface area contributed by atoms with Gasteiger partial charge >= 0.3 is 6.18 Å². The molecule has 2 aromatic carbocycles. The third-order valence-electron chi connectivity index (χ3n) is 3.85. The third-order valence-corrected chi connectivity index (χ3v) is 4.18. The van der Waals surface area contributed by atoms with Gasteiger partial charge in [-0.25, -0.2) is 9.37 Å². The molecule has 0 amide bonds. The Balaban J connectivity index is 2.00. The summed E-state index contributed by atoms with van der Waals surface area (Å²) in [6, 6.07) is 6.75. The van der Waals surface area contributed by atoms with E-state index in [1.807, 2.05) is 0 Å². The first-order valence-corrected chi connectivity index (χ1v) is 7.93. The Kier molecular flexibility index (Phi) is 4.93.